The van der Waals surface area contributed by atoms with E-state index in [2.05, 4.69) is 0 Å². The maximum absolute atomic E-state index is 11.4. The Morgan fingerprint density at radius 2 is 1.80 bits per heavy atom. The number of hydrogen-bond donors (Lipinski definition) is 2. The minimum absolute atomic E-state index is 0.0312. The second kappa shape index (κ2) is 4.95. The minimum atomic E-state index is -1.02. The molecular formula is C10H14O5. The Kier molecular flexibility index (Phi) is 3.88. The molecule has 1 aliphatic rings. The summed E-state index contributed by atoms with van der Waals surface area (Å²) in [5.74, 6) is 0.199. The Balaban J connectivity index is 2.66. The van der Waals surface area contributed by atoms with Crippen LogP contribution in [0.15, 0.2) is 23.7 Å². The molecule has 0 aromatic rings. The Morgan fingerprint density at radius 3 is 2.27 bits per heavy atom. The van der Waals surface area contributed by atoms with Gasteiger partial charge in [-0.3, -0.25) is 4.79 Å². The van der Waals surface area contributed by atoms with E-state index in [1.807, 2.05) is 0 Å². The fourth-order valence-corrected chi connectivity index (χ4v) is 1.15. The standard InChI is InChI=1S/C10H14O5/c1-6(11)14-8-3-4-10(9(13)5-8)15-7(2)12/h3-4,6-7,11-12H,5H2,1-2H3. The van der Waals surface area contributed by atoms with E-state index in [0.717, 1.165) is 0 Å². The van der Waals surface area contributed by atoms with Crippen LogP contribution in [0.3, 0.4) is 0 Å². The van der Waals surface area contributed by atoms with Crippen molar-refractivity contribution in [2.24, 2.45) is 0 Å². The molecule has 2 unspecified atom stereocenters. The van der Waals surface area contributed by atoms with Gasteiger partial charge < -0.3 is 19.7 Å². The molecule has 0 radical (unpaired) electrons. The number of ketones is 1. The van der Waals surface area contributed by atoms with Gasteiger partial charge in [-0.25, -0.2) is 0 Å². The summed E-state index contributed by atoms with van der Waals surface area (Å²) in [6.07, 6.45) is 1.01. The smallest absolute Gasteiger partial charge is 0.204 e. The number of ether oxygens (including phenoxy) is 2. The molecule has 1 rings (SSSR count). The average Bonchev–Trinajstić information content (AvgIpc) is 2.08. The van der Waals surface area contributed by atoms with Gasteiger partial charge in [0.25, 0.3) is 0 Å². The van der Waals surface area contributed by atoms with Crippen LogP contribution in [-0.2, 0) is 14.3 Å². The number of rotatable bonds is 4. The van der Waals surface area contributed by atoms with Crippen LogP contribution in [0, 0.1) is 0 Å². The summed E-state index contributed by atoms with van der Waals surface area (Å²) in [5.41, 5.74) is 0. The third kappa shape index (κ3) is 3.73. The van der Waals surface area contributed by atoms with Gasteiger partial charge in [0.1, 0.15) is 5.76 Å². The predicted molar refractivity (Wildman–Crippen MR) is 51.3 cm³/mol. The quantitative estimate of drug-likeness (QED) is 0.664. The van der Waals surface area contributed by atoms with Crippen molar-refractivity contribution < 1.29 is 24.5 Å². The minimum Gasteiger partial charge on any atom is -0.469 e. The van der Waals surface area contributed by atoms with Crippen LogP contribution >= 0.6 is 0 Å². The van der Waals surface area contributed by atoms with E-state index in [1.165, 1.54) is 26.0 Å². The number of aliphatic hydroxyl groups excluding tert-OH is 2. The van der Waals surface area contributed by atoms with Gasteiger partial charge in [-0.2, -0.15) is 0 Å². The second-order valence-electron chi connectivity index (χ2n) is 3.20. The highest BCUT2D eigenvalue weighted by Gasteiger charge is 2.20. The highest BCUT2D eigenvalue weighted by atomic mass is 16.6. The van der Waals surface area contributed by atoms with E-state index >= 15 is 0 Å². The molecule has 5 nitrogen and oxygen atoms in total. The zero-order valence-electron chi connectivity index (χ0n) is 8.64. The normalized spacial score (nSPS) is 20.1. The maximum Gasteiger partial charge on any atom is 0.204 e. The molecule has 5 heteroatoms. The molecule has 0 spiro atoms. The number of allylic oxidation sites excluding steroid dienone is 4. The number of hydrogen-bond acceptors (Lipinski definition) is 5. The first kappa shape index (κ1) is 11.7. The lowest BCUT2D eigenvalue weighted by atomic mass is 10.1. The lowest BCUT2D eigenvalue weighted by molar-refractivity contribution is -0.126. The maximum atomic E-state index is 11.4. The van der Waals surface area contributed by atoms with Crippen molar-refractivity contribution in [3.63, 3.8) is 0 Å². The van der Waals surface area contributed by atoms with E-state index in [4.69, 9.17) is 19.7 Å². The molecule has 2 N–H and O–H groups in total. The molecule has 0 bridgehead atoms. The largest absolute Gasteiger partial charge is 0.469 e. The van der Waals surface area contributed by atoms with E-state index < -0.39 is 12.6 Å². The number of aliphatic hydroxyl groups is 2. The predicted octanol–water partition coefficient (Wildman–Crippen LogP) is 0.437. The van der Waals surface area contributed by atoms with Crippen LogP contribution in [0.1, 0.15) is 20.3 Å². The number of carbonyl (C=O) groups excluding carboxylic acids is 1. The Bertz CT molecular complexity index is 301. The first-order chi connectivity index (χ1) is 6.99. The summed E-state index contributed by atoms with van der Waals surface area (Å²) in [7, 11) is 0. The van der Waals surface area contributed by atoms with Crippen molar-refractivity contribution in [2.75, 3.05) is 0 Å². The summed E-state index contributed by atoms with van der Waals surface area (Å²) in [5, 5.41) is 17.9. The van der Waals surface area contributed by atoms with Crippen LogP contribution in [0.2, 0.25) is 0 Å². The van der Waals surface area contributed by atoms with E-state index in [9.17, 15) is 4.79 Å². The van der Waals surface area contributed by atoms with Crippen molar-refractivity contribution in [2.45, 2.75) is 32.8 Å². The molecule has 0 saturated carbocycles. The Hall–Kier alpha value is -1.33. The van der Waals surface area contributed by atoms with E-state index in [1.54, 1.807) is 0 Å². The first-order valence-electron chi connectivity index (χ1n) is 4.62. The third-order valence-electron chi connectivity index (χ3n) is 1.65. The molecule has 84 valence electrons. The molecule has 1 aliphatic carbocycles. The topological polar surface area (TPSA) is 76.0 Å². The molecule has 0 heterocycles. The number of carbonyl (C=O) groups is 1. The summed E-state index contributed by atoms with van der Waals surface area (Å²) in [6, 6.07) is 0. The summed E-state index contributed by atoms with van der Waals surface area (Å²) < 4.78 is 9.81. The van der Waals surface area contributed by atoms with Crippen molar-refractivity contribution in [1.29, 1.82) is 0 Å². The zero-order chi connectivity index (χ0) is 11.4. The molecule has 15 heavy (non-hydrogen) atoms. The van der Waals surface area contributed by atoms with Gasteiger partial charge in [-0.05, 0) is 26.0 Å². The fourth-order valence-electron chi connectivity index (χ4n) is 1.15. The third-order valence-corrected chi connectivity index (χ3v) is 1.65. The van der Waals surface area contributed by atoms with Crippen LogP contribution in [0.4, 0.5) is 0 Å². The molecule has 0 aliphatic heterocycles. The van der Waals surface area contributed by atoms with Gasteiger partial charge in [0.2, 0.25) is 5.78 Å². The Labute approximate surface area is 87.6 Å². The van der Waals surface area contributed by atoms with Gasteiger partial charge in [-0.1, -0.05) is 0 Å². The van der Waals surface area contributed by atoms with Gasteiger partial charge >= 0.3 is 0 Å². The van der Waals surface area contributed by atoms with Crippen LogP contribution in [0.5, 0.6) is 0 Å². The van der Waals surface area contributed by atoms with Gasteiger partial charge in [0, 0.05) is 0 Å². The second-order valence-corrected chi connectivity index (χ2v) is 3.20. The molecule has 2 atom stereocenters. The monoisotopic (exact) mass is 214 g/mol. The molecular weight excluding hydrogens is 200 g/mol. The molecule has 0 saturated heterocycles. The van der Waals surface area contributed by atoms with E-state index in [0.29, 0.717) is 5.76 Å². The van der Waals surface area contributed by atoms with Crippen molar-refractivity contribution in [1.82, 2.24) is 0 Å². The average molecular weight is 214 g/mol. The van der Waals surface area contributed by atoms with Crippen molar-refractivity contribution >= 4 is 5.78 Å². The molecule has 0 aromatic heterocycles. The Morgan fingerprint density at radius 1 is 1.20 bits per heavy atom. The van der Waals surface area contributed by atoms with Gasteiger partial charge in [0.15, 0.2) is 18.3 Å². The van der Waals surface area contributed by atoms with E-state index in [-0.39, 0.29) is 18.0 Å². The van der Waals surface area contributed by atoms with Crippen LogP contribution < -0.4 is 0 Å². The van der Waals surface area contributed by atoms with Crippen LogP contribution in [-0.4, -0.2) is 28.6 Å². The summed E-state index contributed by atoms with van der Waals surface area (Å²) >= 11 is 0. The molecule has 0 amide bonds. The van der Waals surface area contributed by atoms with Crippen molar-refractivity contribution in [3.05, 3.63) is 23.7 Å². The van der Waals surface area contributed by atoms with Gasteiger partial charge in [0.05, 0.1) is 6.42 Å². The number of Topliss-reactive ketones (excluding diaryl/α,β-unsaturated/α-hetero) is 1. The fraction of sp³-hybridized carbons (Fsp3) is 0.500. The van der Waals surface area contributed by atoms with Gasteiger partial charge in [-0.15, -0.1) is 0 Å². The lowest BCUT2D eigenvalue weighted by Gasteiger charge is -2.17. The molecule has 0 fully saturated rings. The lowest BCUT2D eigenvalue weighted by Crippen LogP contribution is -2.18. The highest BCUT2D eigenvalue weighted by Crippen LogP contribution is 2.18. The molecule has 0 aromatic carbocycles. The summed E-state index contributed by atoms with van der Waals surface area (Å²) in [4.78, 5) is 11.4. The zero-order valence-corrected chi connectivity index (χ0v) is 8.64. The highest BCUT2D eigenvalue weighted by molar-refractivity contribution is 5.96. The SMILES string of the molecule is CC(O)OC1=CC=C(OC(C)O)C(=O)C1. The van der Waals surface area contributed by atoms with Crippen LogP contribution in [0.25, 0.3) is 0 Å². The first-order valence-corrected chi connectivity index (χ1v) is 4.62. The van der Waals surface area contributed by atoms with Crippen molar-refractivity contribution in [3.8, 4) is 0 Å². The summed E-state index contributed by atoms with van der Waals surface area (Å²) in [6.45, 7) is 2.87.